The third-order valence-corrected chi connectivity index (χ3v) is 3.40. The summed E-state index contributed by atoms with van der Waals surface area (Å²) < 4.78 is 1.66. The second-order valence-electron chi connectivity index (χ2n) is 4.68. The van der Waals surface area contributed by atoms with Gasteiger partial charge in [0.05, 0.1) is 11.8 Å². The molecule has 1 heterocycles. The van der Waals surface area contributed by atoms with Crippen LogP contribution in [0.3, 0.4) is 0 Å². The second kappa shape index (κ2) is 4.78. The van der Waals surface area contributed by atoms with Gasteiger partial charge in [0.25, 0.3) is 0 Å². The van der Waals surface area contributed by atoms with Crippen molar-refractivity contribution < 1.29 is 4.79 Å². The summed E-state index contributed by atoms with van der Waals surface area (Å²) in [5, 5.41) is 4.04. The number of nitrogens with two attached hydrogens (primary N) is 1. The molecule has 0 amide bonds. The van der Waals surface area contributed by atoms with E-state index < -0.39 is 0 Å². The molecule has 1 aliphatic carbocycles. The number of Topliss-reactive ketones (excluding diaryl/α,β-unsaturated/α-hetero) is 1. The van der Waals surface area contributed by atoms with Crippen LogP contribution in [0.5, 0.6) is 0 Å². The molecule has 4 nitrogen and oxygen atoms in total. The number of aryl methyl sites for hydroxylation is 1. The molecular formula is C12H19N3O. The Kier molecular flexibility index (Phi) is 3.39. The summed E-state index contributed by atoms with van der Waals surface area (Å²) in [6.45, 7) is 0. The Morgan fingerprint density at radius 1 is 1.44 bits per heavy atom. The monoisotopic (exact) mass is 221 g/mol. The van der Waals surface area contributed by atoms with Crippen LogP contribution in [-0.4, -0.2) is 21.6 Å². The average molecular weight is 221 g/mol. The number of hydrogen-bond donors (Lipinski definition) is 1. The summed E-state index contributed by atoms with van der Waals surface area (Å²) in [6.07, 6.45) is 8.78. The van der Waals surface area contributed by atoms with Gasteiger partial charge in [0, 0.05) is 25.2 Å². The first kappa shape index (κ1) is 11.3. The van der Waals surface area contributed by atoms with Gasteiger partial charge in [-0.3, -0.25) is 9.48 Å². The fourth-order valence-electron chi connectivity index (χ4n) is 2.42. The van der Waals surface area contributed by atoms with Crippen LogP contribution in [-0.2, 0) is 7.05 Å². The summed E-state index contributed by atoms with van der Waals surface area (Å²) in [5.41, 5.74) is 6.77. The molecule has 2 unspecified atom stereocenters. The van der Waals surface area contributed by atoms with E-state index in [-0.39, 0.29) is 17.7 Å². The third-order valence-electron chi connectivity index (χ3n) is 3.40. The lowest BCUT2D eigenvalue weighted by molar-refractivity contribution is 0.0894. The van der Waals surface area contributed by atoms with E-state index in [9.17, 15) is 4.79 Å². The molecule has 4 heteroatoms. The Hall–Kier alpha value is -1.16. The molecule has 1 aliphatic rings. The second-order valence-corrected chi connectivity index (χ2v) is 4.68. The highest BCUT2D eigenvalue weighted by Crippen LogP contribution is 2.25. The van der Waals surface area contributed by atoms with Gasteiger partial charge >= 0.3 is 0 Å². The van der Waals surface area contributed by atoms with Crippen LogP contribution in [0.1, 0.15) is 42.5 Å². The SMILES string of the molecule is Cn1cc(C(=O)C2CCCCCC2N)cn1. The van der Waals surface area contributed by atoms with E-state index in [4.69, 9.17) is 5.73 Å². The zero-order valence-electron chi connectivity index (χ0n) is 9.72. The van der Waals surface area contributed by atoms with Gasteiger partial charge in [0.1, 0.15) is 0 Å². The zero-order valence-corrected chi connectivity index (χ0v) is 9.72. The van der Waals surface area contributed by atoms with Crippen molar-refractivity contribution >= 4 is 5.78 Å². The minimum absolute atomic E-state index is 0.00769. The Labute approximate surface area is 95.8 Å². The van der Waals surface area contributed by atoms with Gasteiger partial charge in [-0.25, -0.2) is 0 Å². The molecule has 1 aromatic heterocycles. The molecule has 0 aliphatic heterocycles. The Morgan fingerprint density at radius 2 is 2.19 bits per heavy atom. The largest absolute Gasteiger partial charge is 0.327 e. The van der Waals surface area contributed by atoms with Crippen LogP contribution < -0.4 is 5.73 Å². The minimum atomic E-state index is -0.00769. The highest BCUT2D eigenvalue weighted by Gasteiger charge is 2.28. The van der Waals surface area contributed by atoms with Crippen molar-refractivity contribution in [3.05, 3.63) is 18.0 Å². The van der Waals surface area contributed by atoms with Crippen molar-refractivity contribution in [3.63, 3.8) is 0 Å². The summed E-state index contributed by atoms with van der Waals surface area (Å²) in [4.78, 5) is 12.2. The van der Waals surface area contributed by atoms with E-state index in [1.807, 2.05) is 7.05 Å². The fraction of sp³-hybridized carbons (Fsp3) is 0.667. The summed E-state index contributed by atoms with van der Waals surface area (Å²) >= 11 is 0. The quantitative estimate of drug-likeness (QED) is 0.608. The number of rotatable bonds is 2. The van der Waals surface area contributed by atoms with E-state index in [0.29, 0.717) is 5.56 Å². The van der Waals surface area contributed by atoms with E-state index in [2.05, 4.69) is 5.10 Å². The van der Waals surface area contributed by atoms with Crippen LogP contribution in [0.25, 0.3) is 0 Å². The van der Waals surface area contributed by atoms with Gasteiger partial charge < -0.3 is 5.73 Å². The van der Waals surface area contributed by atoms with E-state index >= 15 is 0 Å². The fourth-order valence-corrected chi connectivity index (χ4v) is 2.42. The first-order valence-electron chi connectivity index (χ1n) is 5.97. The first-order valence-corrected chi connectivity index (χ1v) is 5.97. The maximum atomic E-state index is 12.2. The number of carbonyl (C=O) groups excluding carboxylic acids is 1. The van der Waals surface area contributed by atoms with Crippen molar-refractivity contribution in [2.24, 2.45) is 18.7 Å². The molecule has 0 bridgehead atoms. The number of nitrogens with zero attached hydrogens (tertiary/aromatic N) is 2. The molecule has 0 radical (unpaired) electrons. The first-order chi connectivity index (χ1) is 7.68. The van der Waals surface area contributed by atoms with E-state index in [1.165, 1.54) is 6.42 Å². The van der Waals surface area contributed by atoms with Crippen molar-refractivity contribution in [3.8, 4) is 0 Å². The van der Waals surface area contributed by atoms with E-state index in [0.717, 1.165) is 25.7 Å². The molecule has 1 aromatic rings. The average Bonchev–Trinajstić information content (AvgIpc) is 2.57. The molecule has 16 heavy (non-hydrogen) atoms. The summed E-state index contributed by atoms with van der Waals surface area (Å²) in [6, 6.07) is 0.0233. The lowest BCUT2D eigenvalue weighted by Crippen LogP contribution is -2.34. The Balaban J connectivity index is 2.13. The van der Waals surface area contributed by atoms with Gasteiger partial charge in [-0.2, -0.15) is 5.10 Å². The van der Waals surface area contributed by atoms with Gasteiger partial charge in [-0.1, -0.05) is 19.3 Å². The Morgan fingerprint density at radius 3 is 2.88 bits per heavy atom. The van der Waals surface area contributed by atoms with Crippen LogP contribution in [0, 0.1) is 5.92 Å². The maximum absolute atomic E-state index is 12.2. The number of aromatic nitrogens is 2. The molecule has 0 spiro atoms. The van der Waals surface area contributed by atoms with Crippen molar-refractivity contribution in [2.45, 2.75) is 38.1 Å². The molecule has 0 aromatic carbocycles. The van der Waals surface area contributed by atoms with Crippen LogP contribution in [0.2, 0.25) is 0 Å². The molecule has 2 N–H and O–H groups in total. The normalized spacial score (nSPS) is 26.4. The third kappa shape index (κ3) is 2.32. The number of carbonyl (C=O) groups is 1. The molecule has 2 rings (SSSR count). The highest BCUT2D eigenvalue weighted by atomic mass is 16.1. The summed E-state index contributed by atoms with van der Waals surface area (Å²) in [7, 11) is 1.82. The molecule has 1 fully saturated rings. The predicted octanol–water partition coefficient (Wildman–Crippen LogP) is 1.51. The van der Waals surface area contributed by atoms with Crippen molar-refractivity contribution in [1.29, 1.82) is 0 Å². The van der Waals surface area contributed by atoms with Crippen molar-refractivity contribution in [2.75, 3.05) is 0 Å². The van der Waals surface area contributed by atoms with Crippen LogP contribution in [0.15, 0.2) is 12.4 Å². The highest BCUT2D eigenvalue weighted by molar-refractivity contribution is 5.97. The standard InChI is InChI=1S/C12H19N3O/c1-15-8-9(7-14-15)12(16)10-5-3-2-4-6-11(10)13/h7-8,10-11H,2-6,13H2,1H3. The Bertz CT molecular complexity index is 372. The van der Waals surface area contributed by atoms with Crippen LogP contribution in [0.4, 0.5) is 0 Å². The predicted molar refractivity (Wildman–Crippen MR) is 62.1 cm³/mol. The van der Waals surface area contributed by atoms with Gasteiger partial charge in [-0.05, 0) is 12.8 Å². The minimum Gasteiger partial charge on any atom is -0.327 e. The lowest BCUT2D eigenvalue weighted by Gasteiger charge is -2.18. The smallest absolute Gasteiger partial charge is 0.170 e. The zero-order chi connectivity index (χ0) is 11.5. The van der Waals surface area contributed by atoms with Gasteiger partial charge in [0.15, 0.2) is 5.78 Å². The number of ketones is 1. The number of hydrogen-bond acceptors (Lipinski definition) is 3. The maximum Gasteiger partial charge on any atom is 0.170 e. The molecule has 88 valence electrons. The van der Waals surface area contributed by atoms with Crippen LogP contribution >= 0.6 is 0 Å². The molecule has 1 saturated carbocycles. The van der Waals surface area contributed by atoms with Gasteiger partial charge in [0.2, 0.25) is 0 Å². The van der Waals surface area contributed by atoms with E-state index in [1.54, 1.807) is 17.1 Å². The molecule has 0 saturated heterocycles. The molecular weight excluding hydrogens is 202 g/mol. The van der Waals surface area contributed by atoms with Gasteiger partial charge in [-0.15, -0.1) is 0 Å². The molecule has 2 atom stereocenters. The van der Waals surface area contributed by atoms with Crippen molar-refractivity contribution in [1.82, 2.24) is 9.78 Å². The topological polar surface area (TPSA) is 60.9 Å². The lowest BCUT2D eigenvalue weighted by atomic mass is 9.89. The summed E-state index contributed by atoms with van der Waals surface area (Å²) in [5.74, 6) is 0.161.